The van der Waals surface area contributed by atoms with Crippen molar-refractivity contribution < 1.29 is 4.79 Å². The Labute approximate surface area is 94.9 Å². The van der Waals surface area contributed by atoms with Gasteiger partial charge >= 0.3 is 0 Å². The topological polar surface area (TPSA) is 42.0 Å². The molecule has 1 heterocycles. The van der Waals surface area contributed by atoms with Crippen molar-refractivity contribution in [2.75, 3.05) is 0 Å². The van der Waals surface area contributed by atoms with Crippen molar-refractivity contribution in [2.45, 2.75) is 46.1 Å². The zero-order valence-electron chi connectivity index (χ0n) is 9.54. The second-order valence-electron chi connectivity index (χ2n) is 3.73. The minimum atomic E-state index is 0.120. The van der Waals surface area contributed by atoms with Crippen LogP contribution in [0.5, 0.6) is 0 Å². The summed E-state index contributed by atoms with van der Waals surface area (Å²) < 4.78 is 0. The van der Waals surface area contributed by atoms with Gasteiger partial charge in [-0.15, -0.1) is 11.3 Å². The van der Waals surface area contributed by atoms with E-state index >= 15 is 0 Å². The highest BCUT2D eigenvalue weighted by molar-refractivity contribution is 7.09. The SMILES string of the molecule is CCC(C)NC(=O)CCc1csc(C)n1. The first-order valence-electron chi connectivity index (χ1n) is 5.32. The molecule has 0 aromatic carbocycles. The van der Waals surface area contributed by atoms with E-state index in [0.29, 0.717) is 6.42 Å². The van der Waals surface area contributed by atoms with Crippen LogP contribution < -0.4 is 5.32 Å². The average molecular weight is 226 g/mol. The minimum absolute atomic E-state index is 0.120. The molecule has 1 rings (SSSR count). The van der Waals surface area contributed by atoms with Gasteiger partial charge < -0.3 is 5.32 Å². The summed E-state index contributed by atoms with van der Waals surface area (Å²) in [7, 11) is 0. The maximum absolute atomic E-state index is 11.5. The Bertz CT molecular complexity index is 322. The highest BCUT2D eigenvalue weighted by atomic mass is 32.1. The van der Waals surface area contributed by atoms with Crippen molar-refractivity contribution in [2.24, 2.45) is 0 Å². The zero-order valence-corrected chi connectivity index (χ0v) is 10.4. The summed E-state index contributed by atoms with van der Waals surface area (Å²) in [5.41, 5.74) is 1.02. The van der Waals surface area contributed by atoms with Gasteiger partial charge in [-0.3, -0.25) is 4.79 Å². The van der Waals surface area contributed by atoms with Gasteiger partial charge in [0.15, 0.2) is 0 Å². The number of nitrogens with zero attached hydrogens (tertiary/aromatic N) is 1. The molecular formula is C11H18N2OS. The Morgan fingerprint density at radius 3 is 2.93 bits per heavy atom. The van der Waals surface area contributed by atoms with Crippen LogP contribution in [0.25, 0.3) is 0 Å². The van der Waals surface area contributed by atoms with Gasteiger partial charge in [-0.05, 0) is 26.7 Å². The van der Waals surface area contributed by atoms with E-state index in [1.807, 2.05) is 19.2 Å². The van der Waals surface area contributed by atoms with E-state index in [1.54, 1.807) is 11.3 Å². The lowest BCUT2D eigenvalue weighted by Crippen LogP contribution is -2.32. The van der Waals surface area contributed by atoms with Crippen LogP contribution in [0.3, 0.4) is 0 Å². The largest absolute Gasteiger partial charge is 0.354 e. The molecule has 0 aliphatic carbocycles. The van der Waals surface area contributed by atoms with Crippen LogP contribution in [0.1, 0.15) is 37.4 Å². The van der Waals surface area contributed by atoms with Crippen LogP contribution in [0, 0.1) is 6.92 Å². The molecule has 0 radical (unpaired) electrons. The number of carbonyl (C=O) groups excluding carboxylic acids is 1. The highest BCUT2D eigenvalue weighted by Gasteiger charge is 2.06. The lowest BCUT2D eigenvalue weighted by atomic mass is 10.2. The molecule has 4 heteroatoms. The molecule has 0 saturated carbocycles. The Morgan fingerprint density at radius 1 is 1.67 bits per heavy atom. The van der Waals surface area contributed by atoms with Crippen LogP contribution in [0.2, 0.25) is 0 Å². The van der Waals surface area contributed by atoms with Crippen molar-refractivity contribution in [1.82, 2.24) is 10.3 Å². The lowest BCUT2D eigenvalue weighted by molar-refractivity contribution is -0.121. The van der Waals surface area contributed by atoms with Gasteiger partial charge in [0.1, 0.15) is 0 Å². The van der Waals surface area contributed by atoms with E-state index in [4.69, 9.17) is 0 Å². The summed E-state index contributed by atoms with van der Waals surface area (Å²) in [5, 5.41) is 6.03. The van der Waals surface area contributed by atoms with Crippen LogP contribution >= 0.6 is 11.3 Å². The second-order valence-corrected chi connectivity index (χ2v) is 4.80. The van der Waals surface area contributed by atoms with Gasteiger partial charge in [-0.2, -0.15) is 0 Å². The number of amides is 1. The van der Waals surface area contributed by atoms with Crippen molar-refractivity contribution in [3.8, 4) is 0 Å². The molecule has 0 bridgehead atoms. The first-order chi connectivity index (χ1) is 7.11. The summed E-state index contributed by atoms with van der Waals surface area (Å²) in [6, 6.07) is 0.273. The third-order valence-corrected chi connectivity index (χ3v) is 3.12. The molecule has 3 nitrogen and oxygen atoms in total. The molecule has 84 valence electrons. The molecule has 1 aromatic heterocycles. The molecule has 0 saturated heterocycles. The normalized spacial score (nSPS) is 12.5. The van der Waals surface area contributed by atoms with E-state index in [1.165, 1.54) is 0 Å². The number of nitrogens with one attached hydrogen (secondary N) is 1. The van der Waals surface area contributed by atoms with Gasteiger partial charge in [-0.1, -0.05) is 6.92 Å². The van der Waals surface area contributed by atoms with E-state index in [0.717, 1.165) is 23.5 Å². The fraction of sp³-hybridized carbons (Fsp3) is 0.636. The number of rotatable bonds is 5. The molecular weight excluding hydrogens is 208 g/mol. The second kappa shape index (κ2) is 5.85. The van der Waals surface area contributed by atoms with Crippen LogP contribution in [0.4, 0.5) is 0 Å². The molecule has 0 aliphatic rings. The maximum Gasteiger partial charge on any atom is 0.220 e. The fourth-order valence-corrected chi connectivity index (χ4v) is 1.86. The lowest BCUT2D eigenvalue weighted by Gasteiger charge is -2.10. The third kappa shape index (κ3) is 4.42. The molecule has 1 atom stereocenters. The van der Waals surface area contributed by atoms with Crippen LogP contribution in [0.15, 0.2) is 5.38 Å². The van der Waals surface area contributed by atoms with Gasteiger partial charge in [-0.25, -0.2) is 4.98 Å². The highest BCUT2D eigenvalue weighted by Crippen LogP contribution is 2.09. The van der Waals surface area contributed by atoms with Crippen LogP contribution in [-0.2, 0) is 11.2 Å². The predicted octanol–water partition coefficient (Wildman–Crippen LogP) is 2.30. The summed E-state index contributed by atoms with van der Waals surface area (Å²) in [5.74, 6) is 0.120. The van der Waals surface area contributed by atoms with E-state index in [2.05, 4.69) is 17.2 Å². The quantitative estimate of drug-likeness (QED) is 0.837. The summed E-state index contributed by atoms with van der Waals surface area (Å²) in [6.07, 6.45) is 2.25. The number of thiazole rings is 1. The Hall–Kier alpha value is -0.900. The average Bonchev–Trinajstić information content (AvgIpc) is 2.61. The third-order valence-electron chi connectivity index (χ3n) is 2.29. The smallest absolute Gasteiger partial charge is 0.220 e. The predicted molar refractivity (Wildman–Crippen MR) is 63.1 cm³/mol. The summed E-state index contributed by atoms with van der Waals surface area (Å²) in [4.78, 5) is 15.8. The van der Waals surface area contributed by atoms with Gasteiger partial charge in [0, 0.05) is 17.8 Å². The first-order valence-corrected chi connectivity index (χ1v) is 6.20. The van der Waals surface area contributed by atoms with Crippen molar-refractivity contribution in [3.05, 3.63) is 16.1 Å². The number of hydrogen-bond donors (Lipinski definition) is 1. The van der Waals surface area contributed by atoms with Gasteiger partial charge in [0.05, 0.1) is 10.7 Å². The van der Waals surface area contributed by atoms with Crippen LogP contribution in [-0.4, -0.2) is 16.9 Å². The fourth-order valence-electron chi connectivity index (χ4n) is 1.21. The number of carbonyl (C=O) groups is 1. The Balaban J connectivity index is 2.28. The van der Waals surface area contributed by atoms with Crippen molar-refractivity contribution in [1.29, 1.82) is 0 Å². The monoisotopic (exact) mass is 226 g/mol. The molecule has 0 fully saturated rings. The first kappa shape index (κ1) is 12.2. The van der Waals surface area contributed by atoms with E-state index in [9.17, 15) is 4.79 Å². The molecule has 1 aromatic rings. The molecule has 1 amide bonds. The minimum Gasteiger partial charge on any atom is -0.354 e. The Kier molecular flexibility index (Phi) is 4.75. The standard InChI is InChI=1S/C11H18N2OS/c1-4-8(2)12-11(14)6-5-10-7-15-9(3)13-10/h7-8H,4-6H2,1-3H3,(H,12,14). The molecule has 1 N–H and O–H groups in total. The molecule has 0 aliphatic heterocycles. The maximum atomic E-state index is 11.5. The summed E-state index contributed by atoms with van der Waals surface area (Å²) >= 11 is 1.63. The van der Waals surface area contributed by atoms with E-state index in [-0.39, 0.29) is 11.9 Å². The van der Waals surface area contributed by atoms with Gasteiger partial charge in [0.2, 0.25) is 5.91 Å². The van der Waals surface area contributed by atoms with Crippen molar-refractivity contribution in [3.63, 3.8) is 0 Å². The zero-order chi connectivity index (χ0) is 11.3. The molecule has 15 heavy (non-hydrogen) atoms. The number of aromatic nitrogens is 1. The number of hydrogen-bond acceptors (Lipinski definition) is 3. The molecule has 0 spiro atoms. The summed E-state index contributed by atoms with van der Waals surface area (Å²) in [6.45, 7) is 6.06. The Morgan fingerprint density at radius 2 is 2.40 bits per heavy atom. The number of aryl methyl sites for hydroxylation is 2. The van der Waals surface area contributed by atoms with E-state index < -0.39 is 0 Å². The van der Waals surface area contributed by atoms with Crippen molar-refractivity contribution >= 4 is 17.2 Å². The van der Waals surface area contributed by atoms with Gasteiger partial charge in [0.25, 0.3) is 0 Å². The molecule has 1 unspecified atom stereocenters.